The molecule has 1 fully saturated rings. The van der Waals surface area contributed by atoms with Gasteiger partial charge in [0.25, 0.3) is 0 Å². The van der Waals surface area contributed by atoms with Gasteiger partial charge in [0.1, 0.15) is 0 Å². The molecule has 1 aromatic rings. The van der Waals surface area contributed by atoms with E-state index in [1.807, 2.05) is 20.0 Å². The number of rotatable bonds is 7. The van der Waals surface area contributed by atoms with E-state index in [9.17, 15) is 9.90 Å². The third-order valence-corrected chi connectivity index (χ3v) is 8.16. The first-order chi connectivity index (χ1) is 13.7. The molecule has 6 atom stereocenters. The minimum absolute atomic E-state index is 0.0196. The molecule has 1 aromatic heterocycles. The van der Waals surface area contributed by atoms with Gasteiger partial charge in [-0.2, -0.15) is 0 Å². The molecule has 1 heterocycles. The van der Waals surface area contributed by atoms with Crippen molar-refractivity contribution in [1.29, 1.82) is 0 Å². The van der Waals surface area contributed by atoms with Gasteiger partial charge >= 0.3 is 0 Å². The zero-order valence-corrected chi connectivity index (χ0v) is 19.0. The van der Waals surface area contributed by atoms with Gasteiger partial charge in [-0.1, -0.05) is 32.9 Å². The van der Waals surface area contributed by atoms with Crippen LogP contribution in [0.4, 0.5) is 5.13 Å². The summed E-state index contributed by atoms with van der Waals surface area (Å²) in [5, 5.41) is 15.7. The lowest BCUT2D eigenvalue weighted by Crippen LogP contribution is -2.53. The van der Waals surface area contributed by atoms with Crippen molar-refractivity contribution in [3.05, 3.63) is 35.9 Å². The van der Waals surface area contributed by atoms with Crippen LogP contribution in [0.2, 0.25) is 0 Å². The minimum atomic E-state index is -0.501. The first kappa shape index (κ1) is 22.0. The Morgan fingerprint density at radius 1 is 1.48 bits per heavy atom. The first-order valence-electron chi connectivity index (χ1n) is 10.6. The number of fused-ring (bicyclic) bond motifs is 2. The lowest BCUT2D eigenvalue weighted by atomic mass is 9.53. The van der Waals surface area contributed by atoms with E-state index in [4.69, 9.17) is 4.98 Å². The summed E-state index contributed by atoms with van der Waals surface area (Å²) in [5.41, 5.74) is 1.16. The normalized spacial score (nSPS) is 31.9. The second kappa shape index (κ2) is 8.60. The molecule has 0 radical (unpaired) electrons. The average Bonchev–Trinajstić information content (AvgIpc) is 3.08. The van der Waals surface area contributed by atoms with Crippen LogP contribution in [-0.2, 0) is 11.2 Å². The standard InChI is InChI=1S/C23H35N3O2S/c1-7-11-24-22-25-19-15(4)18-20(27)16(14(3)21(28)26(6)12-8-2)9-10-23(18,5)13-17(19)29-22/h7-8,14-16,18,20,27H,1-2,9-13H2,3-6H3,(H,24,25)/t14-,15-,16?,18+,20-,23-/m0/s1. The monoisotopic (exact) mass is 417 g/mol. The summed E-state index contributed by atoms with van der Waals surface area (Å²) in [4.78, 5) is 20.7. The van der Waals surface area contributed by atoms with Crippen LogP contribution in [0.3, 0.4) is 0 Å². The first-order valence-corrected chi connectivity index (χ1v) is 11.4. The zero-order chi connectivity index (χ0) is 21.3. The van der Waals surface area contributed by atoms with Crippen molar-refractivity contribution in [3.8, 4) is 0 Å². The van der Waals surface area contributed by atoms with E-state index < -0.39 is 6.10 Å². The Morgan fingerprint density at radius 3 is 2.86 bits per heavy atom. The van der Waals surface area contributed by atoms with Gasteiger partial charge in [0.05, 0.1) is 11.8 Å². The quantitative estimate of drug-likeness (QED) is 0.656. The summed E-state index contributed by atoms with van der Waals surface area (Å²) >= 11 is 1.73. The maximum Gasteiger partial charge on any atom is 0.225 e. The number of nitrogens with zero attached hydrogens (tertiary/aromatic N) is 2. The van der Waals surface area contributed by atoms with Crippen LogP contribution in [0.25, 0.3) is 0 Å². The lowest BCUT2D eigenvalue weighted by Gasteiger charge is -2.53. The number of aliphatic hydroxyl groups is 1. The third kappa shape index (κ3) is 4.02. The van der Waals surface area contributed by atoms with Gasteiger partial charge in [-0.25, -0.2) is 4.98 Å². The number of aliphatic hydroxyl groups excluding tert-OH is 1. The van der Waals surface area contributed by atoms with E-state index in [2.05, 4.69) is 32.3 Å². The third-order valence-electron chi connectivity index (χ3n) is 7.13. The van der Waals surface area contributed by atoms with E-state index in [0.717, 1.165) is 30.1 Å². The van der Waals surface area contributed by atoms with Crippen LogP contribution in [0.1, 0.15) is 50.1 Å². The maximum atomic E-state index is 12.8. The highest BCUT2D eigenvalue weighted by Gasteiger charge is 2.54. The molecule has 2 N–H and O–H groups in total. The molecular weight excluding hydrogens is 382 g/mol. The molecule has 29 heavy (non-hydrogen) atoms. The summed E-state index contributed by atoms with van der Waals surface area (Å²) in [5.74, 6) is 0.154. The highest BCUT2D eigenvalue weighted by atomic mass is 32.1. The van der Waals surface area contributed by atoms with Crippen LogP contribution in [-0.4, -0.2) is 47.1 Å². The number of carbonyl (C=O) groups is 1. The Morgan fingerprint density at radius 2 is 2.21 bits per heavy atom. The Labute approximate surface area is 178 Å². The molecule has 0 spiro atoms. The van der Waals surface area contributed by atoms with Crippen molar-refractivity contribution in [2.45, 2.75) is 52.1 Å². The van der Waals surface area contributed by atoms with Gasteiger partial charge in [0, 0.05) is 36.9 Å². The number of aromatic nitrogens is 1. The SMILES string of the molecule is C=CCNc1nc2c(s1)C[C@]1(C)CCC([C@H](C)C(=O)N(C)CC=C)[C@H](O)[C@H]1[C@@H]2C. The van der Waals surface area contributed by atoms with Gasteiger partial charge < -0.3 is 15.3 Å². The molecule has 160 valence electrons. The summed E-state index contributed by atoms with van der Waals surface area (Å²) in [6.07, 6.45) is 5.93. The highest BCUT2D eigenvalue weighted by Crippen LogP contribution is 2.57. The molecule has 1 unspecified atom stereocenters. The van der Waals surface area contributed by atoms with Gasteiger partial charge in [-0.15, -0.1) is 24.5 Å². The minimum Gasteiger partial charge on any atom is -0.392 e. The van der Waals surface area contributed by atoms with E-state index >= 15 is 0 Å². The Kier molecular flexibility index (Phi) is 6.54. The van der Waals surface area contributed by atoms with Gasteiger partial charge in [0.15, 0.2) is 5.13 Å². The summed E-state index contributed by atoms with van der Waals surface area (Å²) in [6.45, 7) is 15.2. The van der Waals surface area contributed by atoms with E-state index in [1.165, 1.54) is 4.88 Å². The van der Waals surface area contributed by atoms with Gasteiger partial charge in [-0.05, 0) is 36.5 Å². The molecule has 1 amide bonds. The van der Waals surface area contributed by atoms with Gasteiger partial charge in [0.2, 0.25) is 5.91 Å². The van der Waals surface area contributed by atoms with Crippen molar-refractivity contribution in [2.24, 2.45) is 23.2 Å². The van der Waals surface area contributed by atoms with Crippen molar-refractivity contribution >= 4 is 22.4 Å². The van der Waals surface area contributed by atoms with Crippen LogP contribution in [0, 0.1) is 23.2 Å². The summed E-state index contributed by atoms with van der Waals surface area (Å²) < 4.78 is 0. The fourth-order valence-electron chi connectivity index (χ4n) is 5.60. The van der Waals surface area contributed by atoms with E-state index in [0.29, 0.717) is 13.1 Å². The lowest BCUT2D eigenvalue weighted by molar-refractivity contribution is -0.143. The van der Waals surface area contributed by atoms with Crippen LogP contribution in [0.15, 0.2) is 25.3 Å². The highest BCUT2D eigenvalue weighted by molar-refractivity contribution is 7.15. The van der Waals surface area contributed by atoms with Gasteiger partial charge in [-0.3, -0.25) is 4.79 Å². The Hall–Kier alpha value is -1.66. The number of anilines is 1. The van der Waals surface area contributed by atoms with Crippen molar-refractivity contribution in [2.75, 3.05) is 25.5 Å². The molecule has 0 bridgehead atoms. The van der Waals surface area contributed by atoms with Crippen LogP contribution in [0.5, 0.6) is 0 Å². The van der Waals surface area contributed by atoms with Crippen LogP contribution < -0.4 is 5.32 Å². The number of amides is 1. The second-order valence-electron chi connectivity index (χ2n) is 9.13. The number of nitrogens with one attached hydrogen (secondary N) is 1. The van der Waals surface area contributed by atoms with E-state index in [-0.39, 0.29) is 35.0 Å². The molecule has 5 nitrogen and oxygen atoms in total. The van der Waals surface area contributed by atoms with Crippen molar-refractivity contribution in [3.63, 3.8) is 0 Å². The van der Waals surface area contributed by atoms with E-state index in [1.54, 1.807) is 22.3 Å². The smallest absolute Gasteiger partial charge is 0.225 e. The maximum absolute atomic E-state index is 12.8. The van der Waals surface area contributed by atoms with Crippen molar-refractivity contribution < 1.29 is 9.90 Å². The predicted molar refractivity (Wildman–Crippen MR) is 120 cm³/mol. The molecule has 6 heteroatoms. The molecule has 2 aliphatic rings. The largest absolute Gasteiger partial charge is 0.392 e. The summed E-state index contributed by atoms with van der Waals surface area (Å²) in [7, 11) is 1.81. The Bertz CT molecular complexity index is 776. The Balaban J connectivity index is 1.84. The molecule has 3 rings (SSSR count). The summed E-state index contributed by atoms with van der Waals surface area (Å²) in [6, 6.07) is 0. The molecule has 0 aliphatic heterocycles. The molecule has 0 saturated heterocycles. The molecule has 1 saturated carbocycles. The number of hydrogen-bond donors (Lipinski definition) is 2. The number of hydrogen-bond acceptors (Lipinski definition) is 5. The predicted octanol–water partition coefficient (Wildman–Crippen LogP) is 4.07. The fourth-order valence-corrected chi connectivity index (χ4v) is 6.87. The molecular formula is C23H35N3O2S. The average molecular weight is 418 g/mol. The van der Waals surface area contributed by atoms with Crippen LogP contribution >= 0.6 is 11.3 Å². The second-order valence-corrected chi connectivity index (χ2v) is 10.2. The topological polar surface area (TPSA) is 65.5 Å². The number of thiazole rings is 1. The number of likely N-dealkylation sites (N-methyl/N-ethyl adjacent to an activating group) is 1. The molecule has 2 aliphatic carbocycles. The fraction of sp³-hybridized carbons (Fsp3) is 0.652. The van der Waals surface area contributed by atoms with Crippen molar-refractivity contribution in [1.82, 2.24) is 9.88 Å². The molecule has 0 aromatic carbocycles. The zero-order valence-electron chi connectivity index (χ0n) is 18.1. The number of carbonyl (C=O) groups excluding carboxylic acids is 1.